The van der Waals surface area contributed by atoms with Crippen LogP contribution in [0.2, 0.25) is 0 Å². The fraction of sp³-hybridized carbons (Fsp3) is 0.100. The summed E-state index contributed by atoms with van der Waals surface area (Å²) in [4.78, 5) is 8.90. The zero-order valence-electron chi connectivity index (χ0n) is 9.13. The molecule has 0 saturated carbocycles. The van der Waals surface area contributed by atoms with E-state index in [1.807, 2.05) is 18.2 Å². The number of carboxylic acid groups (broad SMARTS) is 1. The molecule has 1 aliphatic heterocycles. The Morgan fingerprint density at radius 2 is 2.05 bits per heavy atom. The summed E-state index contributed by atoms with van der Waals surface area (Å²) in [6.07, 6.45) is -1.75. The van der Waals surface area contributed by atoms with Gasteiger partial charge in [0.25, 0.3) is 0 Å². The second-order valence-corrected chi connectivity index (χ2v) is 3.36. The predicted octanol–water partition coefficient (Wildman–Crippen LogP) is 1.89. The van der Waals surface area contributed by atoms with E-state index in [4.69, 9.17) is 14.6 Å². The highest BCUT2D eigenvalue weighted by Gasteiger charge is 2.38. The summed E-state index contributed by atoms with van der Waals surface area (Å²) in [6.45, 7) is 0. The number of aliphatic carboxylic acids is 1. The number of nitrogens with zero attached hydrogens (tertiary/aromatic N) is 3. The Morgan fingerprint density at radius 3 is 2.68 bits per heavy atom. The first-order chi connectivity index (χ1) is 8.89. The molecule has 0 atom stereocenters. The van der Waals surface area contributed by atoms with Crippen molar-refractivity contribution in [3.63, 3.8) is 0 Å². The zero-order chi connectivity index (χ0) is 14.0. The minimum absolute atomic E-state index is 0.806. The fourth-order valence-corrected chi connectivity index (χ4v) is 1.32. The average Bonchev–Trinajstić information content (AvgIpc) is 2.75. The highest BCUT2D eigenvalue weighted by Crippen LogP contribution is 2.26. The van der Waals surface area contributed by atoms with Gasteiger partial charge in [0.1, 0.15) is 17.3 Å². The minimum Gasteiger partial charge on any atom is -0.475 e. The van der Waals surface area contributed by atoms with E-state index in [-0.39, 0.29) is 0 Å². The third-order valence-corrected chi connectivity index (χ3v) is 2.10. The van der Waals surface area contributed by atoms with E-state index < -0.39 is 12.1 Å². The molecule has 2 aromatic rings. The SMILES string of the molecule is C1=Cn2nnc3cccc(c32)O1.O=C(O)C(F)(F)F. The van der Waals surface area contributed by atoms with Crippen molar-refractivity contribution in [3.05, 3.63) is 24.5 Å². The number of alkyl halides is 3. The van der Waals surface area contributed by atoms with Gasteiger partial charge in [-0.1, -0.05) is 11.3 Å². The number of ether oxygens (including phenoxy) is 1. The Hall–Kier alpha value is -2.58. The molecule has 0 bridgehead atoms. The van der Waals surface area contributed by atoms with Crippen LogP contribution in [0.3, 0.4) is 0 Å². The van der Waals surface area contributed by atoms with Crippen LogP contribution in [0.1, 0.15) is 0 Å². The largest absolute Gasteiger partial charge is 0.490 e. The van der Waals surface area contributed by atoms with Gasteiger partial charge in [-0.25, -0.2) is 9.48 Å². The normalized spacial score (nSPS) is 12.6. The van der Waals surface area contributed by atoms with E-state index in [1.165, 1.54) is 0 Å². The van der Waals surface area contributed by atoms with Gasteiger partial charge in [0.15, 0.2) is 5.75 Å². The lowest BCUT2D eigenvalue weighted by Crippen LogP contribution is -2.21. The molecule has 9 heteroatoms. The monoisotopic (exact) mass is 273 g/mol. The number of carbonyl (C=O) groups is 1. The second-order valence-electron chi connectivity index (χ2n) is 3.36. The fourth-order valence-electron chi connectivity index (χ4n) is 1.32. The lowest BCUT2D eigenvalue weighted by atomic mass is 10.3. The maximum Gasteiger partial charge on any atom is 0.490 e. The molecular formula is C10H6F3N3O3. The molecule has 6 nitrogen and oxygen atoms in total. The molecule has 1 aromatic heterocycles. The van der Waals surface area contributed by atoms with Crippen LogP contribution < -0.4 is 4.74 Å². The number of halogens is 3. The first-order valence-electron chi connectivity index (χ1n) is 4.87. The van der Waals surface area contributed by atoms with E-state index in [1.54, 1.807) is 17.1 Å². The molecule has 0 spiro atoms. The van der Waals surface area contributed by atoms with Crippen LogP contribution in [0.25, 0.3) is 17.2 Å². The summed E-state index contributed by atoms with van der Waals surface area (Å²) in [5.41, 5.74) is 1.79. The predicted molar refractivity (Wildman–Crippen MR) is 57.2 cm³/mol. The lowest BCUT2D eigenvalue weighted by Gasteiger charge is -2.06. The summed E-state index contributed by atoms with van der Waals surface area (Å²) in [7, 11) is 0. The average molecular weight is 273 g/mol. The molecule has 0 radical (unpaired) electrons. The summed E-state index contributed by atoms with van der Waals surface area (Å²) in [5.74, 6) is -1.95. The lowest BCUT2D eigenvalue weighted by molar-refractivity contribution is -0.192. The van der Waals surface area contributed by atoms with Crippen LogP contribution in [0, 0.1) is 0 Å². The Balaban J connectivity index is 0.000000167. The number of para-hydroxylation sites is 1. The molecule has 0 amide bonds. The van der Waals surface area contributed by atoms with Crippen molar-refractivity contribution in [1.82, 2.24) is 15.0 Å². The number of benzene rings is 1. The Morgan fingerprint density at radius 1 is 1.37 bits per heavy atom. The Labute approximate surface area is 103 Å². The molecule has 19 heavy (non-hydrogen) atoms. The van der Waals surface area contributed by atoms with Gasteiger partial charge in [-0.15, -0.1) is 5.10 Å². The molecule has 2 heterocycles. The van der Waals surface area contributed by atoms with E-state index in [0.29, 0.717) is 0 Å². The van der Waals surface area contributed by atoms with Crippen LogP contribution >= 0.6 is 0 Å². The van der Waals surface area contributed by atoms with Gasteiger partial charge in [0, 0.05) is 0 Å². The van der Waals surface area contributed by atoms with Crippen molar-refractivity contribution < 1.29 is 27.8 Å². The first kappa shape index (κ1) is 12.9. The molecule has 0 aliphatic carbocycles. The molecule has 1 aliphatic rings. The standard InChI is InChI=1S/C8H5N3O.C2HF3O2/c1-2-6-8-7(3-1)12-5-4-11(8)10-9-6;3-2(4,5)1(6)7/h1-5H;(H,6,7). The summed E-state index contributed by atoms with van der Waals surface area (Å²) in [5, 5.41) is 15.0. The highest BCUT2D eigenvalue weighted by atomic mass is 19.4. The van der Waals surface area contributed by atoms with Gasteiger partial charge in [-0.3, -0.25) is 0 Å². The van der Waals surface area contributed by atoms with Crippen LogP contribution in [-0.2, 0) is 4.79 Å². The van der Waals surface area contributed by atoms with E-state index >= 15 is 0 Å². The minimum atomic E-state index is -5.08. The van der Waals surface area contributed by atoms with Crippen molar-refractivity contribution in [2.75, 3.05) is 0 Å². The molecule has 3 rings (SSSR count). The molecule has 0 unspecified atom stereocenters. The van der Waals surface area contributed by atoms with Gasteiger partial charge in [-0.05, 0) is 12.1 Å². The summed E-state index contributed by atoms with van der Waals surface area (Å²) >= 11 is 0. The smallest absolute Gasteiger partial charge is 0.475 e. The molecule has 0 saturated heterocycles. The zero-order valence-corrected chi connectivity index (χ0v) is 9.13. The molecule has 0 fully saturated rings. The van der Waals surface area contributed by atoms with Crippen LogP contribution in [0.15, 0.2) is 24.5 Å². The molecule has 1 N–H and O–H groups in total. The third-order valence-electron chi connectivity index (χ3n) is 2.10. The van der Waals surface area contributed by atoms with Gasteiger partial charge < -0.3 is 9.84 Å². The number of aromatic nitrogens is 3. The van der Waals surface area contributed by atoms with Crippen LogP contribution in [-0.4, -0.2) is 32.2 Å². The number of rotatable bonds is 0. The molecule has 100 valence electrons. The van der Waals surface area contributed by atoms with Gasteiger partial charge in [-0.2, -0.15) is 13.2 Å². The van der Waals surface area contributed by atoms with Gasteiger partial charge in [0.2, 0.25) is 0 Å². The summed E-state index contributed by atoms with van der Waals surface area (Å²) < 4.78 is 38.7. The van der Waals surface area contributed by atoms with Gasteiger partial charge in [0.05, 0.1) is 6.20 Å². The first-order valence-corrected chi connectivity index (χ1v) is 4.87. The second kappa shape index (κ2) is 4.59. The number of hydrogen-bond donors (Lipinski definition) is 1. The number of carboxylic acids is 1. The Bertz CT molecular complexity index is 648. The van der Waals surface area contributed by atoms with E-state index in [9.17, 15) is 13.2 Å². The maximum absolute atomic E-state index is 10.6. The van der Waals surface area contributed by atoms with Crippen LogP contribution in [0.5, 0.6) is 5.75 Å². The van der Waals surface area contributed by atoms with Crippen molar-refractivity contribution in [2.45, 2.75) is 6.18 Å². The molecule has 1 aromatic carbocycles. The summed E-state index contributed by atoms with van der Waals surface area (Å²) in [6, 6.07) is 5.70. The molecular weight excluding hydrogens is 267 g/mol. The van der Waals surface area contributed by atoms with Crippen molar-refractivity contribution >= 4 is 23.2 Å². The quantitative estimate of drug-likeness (QED) is 0.793. The van der Waals surface area contributed by atoms with Crippen molar-refractivity contribution in [1.29, 1.82) is 0 Å². The van der Waals surface area contributed by atoms with Gasteiger partial charge >= 0.3 is 12.1 Å². The van der Waals surface area contributed by atoms with Crippen molar-refractivity contribution in [2.24, 2.45) is 0 Å². The third kappa shape index (κ3) is 2.64. The van der Waals surface area contributed by atoms with Crippen molar-refractivity contribution in [3.8, 4) is 5.75 Å². The number of hydrogen-bond acceptors (Lipinski definition) is 4. The highest BCUT2D eigenvalue weighted by molar-refractivity contribution is 5.83. The maximum atomic E-state index is 10.6. The van der Waals surface area contributed by atoms with E-state index in [0.717, 1.165) is 16.8 Å². The van der Waals surface area contributed by atoms with E-state index in [2.05, 4.69) is 10.3 Å². The Kier molecular flexibility index (Phi) is 3.11. The topological polar surface area (TPSA) is 77.2 Å². The van der Waals surface area contributed by atoms with Crippen LogP contribution in [0.4, 0.5) is 13.2 Å².